The molecule has 1 saturated heterocycles. The lowest BCUT2D eigenvalue weighted by atomic mass is 10.3. The van der Waals surface area contributed by atoms with Crippen LogP contribution in [0, 0.1) is 0 Å². The van der Waals surface area contributed by atoms with Crippen LogP contribution in [0.3, 0.4) is 0 Å². The van der Waals surface area contributed by atoms with E-state index in [-0.39, 0.29) is 0 Å². The molecule has 0 saturated carbocycles. The molecule has 156 valence electrons. The molecule has 26 heavy (non-hydrogen) atoms. The molecule has 6 heteroatoms. The Hall–Kier alpha value is 0.274. The van der Waals surface area contributed by atoms with Gasteiger partial charge in [-0.3, -0.25) is 0 Å². The molecular weight excluding hydrogens is 354 g/mol. The smallest absolute Gasteiger partial charge is 0.186 e. The van der Waals surface area contributed by atoms with Gasteiger partial charge in [-0.2, -0.15) is 0 Å². The first-order valence-corrected chi connectivity index (χ1v) is 16.9. The maximum absolute atomic E-state index is 6.35. The Morgan fingerprint density at radius 1 is 0.962 bits per heavy atom. The summed E-state index contributed by atoms with van der Waals surface area (Å²) < 4.78 is 9.11. The van der Waals surface area contributed by atoms with Crippen LogP contribution in [0.15, 0.2) is 0 Å². The molecular formula is C20H47N3OSi2. The molecule has 0 aliphatic carbocycles. The second kappa shape index (κ2) is 12.7. The van der Waals surface area contributed by atoms with Crippen molar-refractivity contribution >= 4 is 16.6 Å². The van der Waals surface area contributed by atoms with Gasteiger partial charge in [0.2, 0.25) is 0 Å². The highest BCUT2D eigenvalue weighted by Gasteiger charge is 2.31. The first-order valence-electron chi connectivity index (χ1n) is 11.2. The van der Waals surface area contributed by atoms with Gasteiger partial charge in [-0.25, -0.2) is 0 Å². The van der Waals surface area contributed by atoms with Crippen LogP contribution in [-0.4, -0.2) is 78.9 Å². The number of piperazine rings is 1. The molecule has 1 aliphatic heterocycles. The van der Waals surface area contributed by atoms with E-state index in [1.54, 1.807) is 0 Å². The highest BCUT2D eigenvalue weighted by molar-refractivity contribution is 6.76. The molecule has 0 aromatic heterocycles. The summed E-state index contributed by atoms with van der Waals surface area (Å²) in [6.07, 6.45) is 3.87. The second-order valence-electron chi connectivity index (χ2n) is 8.72. The lowest BCUT2D eigenvalue weighted by Crippen LogP contribution is -2.50. The van der Waals surface area contributed by atoms with E-state index in [4.69, 9.17) is 4.43 Å². The van der Waals surface area contributed by atoms with Crippen molar-refractivity contribution in [1.29, 1.82) is 0 Å². The summed E-state index contributed by atoms with van der Waals surface area (Å²) in [6, 6.07) is 5.50. The van der Waals surface area contributed by atoms with Crippen LogP contribution >= 0.6 is 0 Å². The van der Waals surface area contributed by atoms with Gasteiger partial charge in [-0.15, -0.1) is 0 Å². The summed E-state index contributed by atoms with van der Waals surface area (Å²) in [7, 11) is -0.239. The van der Waals surface area contributed by atoms with Crippen molar-refractivity contribution in [2.75, 3.05) is 52.9 Å². The topological polar surface area (TPSA) is 27.7 Å². The number of hydrogen-bond acceptors (Lipinski definition) is 4. The Labute approximate surface area is 166 Å². The molecule has 0 radical (unpaired) electrons. The summed E-state index contributed by atoms with van der Waals surface area (Å²) in [5, 5.41) is 3.42. The third kappa shape index (κ3) is 8.52. The van der Waals surface area contributed by atoms with E-state index in [2.05, 4.69) is 55.7 Å². The monoisotopic (exact) mass is 401 g/mol. The highest BCUT2D eigenvalue weighted by Crippen LogP contribution is 2.24. The Balaban J connectivity index is 2.16. The second-order valence-corrected chi connectivity index (χ2v) is 18.4. The minimum Gasteiger partial charge on any atom is -0.417 e. The van der Waals surface area contributed by atoms with Crippen LogP contribution in [-0.2, 0) is 4.43 Å². The van der Waals surface area contributed by atoms with Crippen LogP contribution in [0.4, 0.5) is 0 Å². The summed E-state index contributed by atoms with van der Waals surface area (Å²) in [4.78, 5) is 2.57. The molecule has 0 atom stereocenters. The Morgan fingerprint density at radius 3 is 2.15 bits per heavy atom. The van der Waals surface area contributed by atoms with Gasteiger partial charge >= 0.3 is 0 Å². The van der Waals surface area contributed by atoms with Crippen molar-refractivity contribution in [3.8, 4) is 0 Å². The molecule has 1 rings (SSSR count). The van der Waals surface area contributed by atoms with Gasteiger partial charge < -0.3 is 19.2 Å². The normalized spacial score (nSPS) is 17.2. The fourth-order valence-electron chi connectivity index (χ4n) is 4.34. The van der Waals surface area contributed by atoms with E-state index < -0.39 is 16.6 Å². The first kappa shape index (κ1) is 24.3. The lowest BCUT2D eigenvalue weighted by Gasteiger charge is -2.38. The minimum atomic E-state index is -1.47. The molecule has 1 N–H and O–H groups in total. The van der Waals surface area contributed by atoms with Crippen molar-refractivity contribution in [3.63, 3.8) is 0 Å². The summed E-state index contributed by atoms with van der Waals surface area (Å²) >= 11 is 0. The van der Waals surface area contributed by atoms with E-state index in [9.17, 15) is 0 Å². The van der Waals surface area contributed by atoms with Crippen molar-refractivity contribution in [1.82, 2.24) is 14.8 Å². The molecule has 0 bridgehead atoms. The van der Waals surface area contributed by atoms with Gasteiger partial charge in [0.25, 0.3) is 0 Å². The molecule has 0 aromatic rings. The van der Waals surface area contributed by atoms with Gasteiger partial charge in [-0.05, 0) is 63.7 Å². The minimum absolute atomic E-state index is 0.959. The van der Waals surface area contributed by atoms with E-state index in [1.165, 1.54) is 69.6 Å². The maximum Gasteiger partial charge on any atom is 0.186 e. The lowest BCUT2D eigenvalue weighted by molar-refractivity contribution is 0.211. The SMILES string of the molecule is CC[Si](CC)(CC)N(C)CCCC[Si](C)(C)OCCCN1CCNCC1. The maximum atomic E-state index is 6.35. The molecule has 1 aliphatic rings. The van der Waals surface area contributed by atoms with Gasteiger partial charge in [0.05, 0.1) is 0 Å². The van der Waals surface area contributed by atoms with Crippen molar-refractivity contribution < 1.29 is 4.43 Å². The average Bonchev–Trinajstić information content (AvgIpc) is 2.65. The zero-order valence-corrected chi connectivity index (χ0v) is 20.7. The van der Waals surface area contributed by atoms with E-state index >= 15 is 0 Å². The third-order valence-corrected chi connectivity index (χ3v) is 15.0. The van der Waals surface area contributed by atoms with Crippen LogP contribution in [0.25, 0.3) is 0 Å². The van der Waals surface area contributed by atoms with Gasteiger partial charge in [0.1, 0.15) is 8.24 Å². The predicted molar refractivity (Wildman–Crippen MR) is 121 cm³/mol. The van der Waals surface area contributed by atoms with E-state index in [1.807, 2.05) is 0 Å². The number of unbranched alkanes of at least 4 members (excludes halogenated alkanes) is 1. The Bertz CT molecular complexity index is 351. The quantitative estimate of drug-likeness (QED) is 0.348. The Kier molecular flexibility index (Phi) is 11.9. The standard InChI is InChI=1S/C20H47N3OSi2/c1-7-26(8-2,9-3)22(4)15-10-11-20-25(5,6)24-19-12-16-23-17-13-21-14-18-23/h21H,7-20H2,1-6H3. The zero-order chi connectivity index (χ0) is 19.5. The highest BCUT2D eigenvalue weighted by atomic mass is 28.4. The van der Waals surface area contributed by atoms with Gasteiger partial charge in [-0.1, -0.05) is 27.2 Å². The fraction of sp³-hybridized carbons (Fsp3) is 1.00. The van der Waals surface area contributed by atoms with Crippen LogP contribution in [0.5, 0.6) is 0 Å². The molecule has 1 heterocycles. The number of nitrogens with zero attached hydrogens (tertiary/aromatic N) is 2. The van der Waals surface area contributed by atoms with Crippen LogP contribution in [0.2, 0.25) is 37.3 Å². The zero-order valence-electron chi connectivity index (χ0n) is 18.7. The molecule has 0 aromatic carbocycles. The van der Waals surface area contributed by atoms with Crippen molar-refractivity contribution in [3.05, 3.63) is 0 Å². The fourth-order valence-corrected chi connectivity index (χ4v) is 10.0. The van der Waals surface area contributed by atoms with Gasteiger partial charge in [0.15, 0.2) is 8.32 Å². The molecule has 4 nitrogen and oxygen atoms in total. The molecule has 0 unspecified atom stereocenters. The van der Waals surface area contributed by atoms with Crippen LogP contribution in [0.1, 0.15) is 40.0 Å². The average molecular weight is 402 g/mol. The largest absolute Gasteiger partial charge is 0.417 e. The number of hydrogen-bond donors (Lipinski definition) is 1. The number of nitrogens with one attached hydrogen (secondary N) is 1. The van der Waals surface area contributed by atoms with Crippen LogP contribution < -0.4 is 5.32 Å². The van der Waals surface area contributed by atoms with E-state index in [0.717, 1.165) is 19.7 Å². The molecule has 1 fully saturated rings. The molecule has 0 amide bonds. The van der Waals surface area contributed by atoms with Crippen molar-refractivity contribution in [2.24, 2.45) is 0 Å². The predicted octanol–water partition coefficient (Wildman–Crippen LogP) is 4.22. The van der Waals surface area contributed by atoms with Gasteiger partial charge in [0, 0.05) is 39.3 Å². The van der Waals surface area contributed by atoms with Crippen molar-refractivity contribution in [2.45, 2.75) is 77.3 Å². The number of rotatable bonds is 14. The first-order chi connectivity index (χ1) is 12.4. The summed E-state index contributed by atoms with van der Waals surface area (Å²) in [5.41, 5.74) is 0. The summed E-state index contributed by atoms with van der Waals surface area (Å²) in [6.45, 7) is 20.2. The third-order valence-electron chi connectivity index (χ3n) is 6.63. The molecule has 0 spiro atoms. The Morgan fingerprint density at radius 2 is 1.58 bits per heavy atom. The summed E-state index contributed by atoms with van der Waals surface area (Å²) in [5.74, 6) is 0. The van der Waals surface area contributed by atoms with E-state index in [0.29, 0.717) is 0 Å².